The highest BCUT2D eigenvalue weighted by atomic mass is 19.1. The minimum absolute atomic E-state index is 0.0472. The minimum Gasteiger partial charge on any atom is -0.491 e. The van der Waals surface area contributed by atoms with Crippen molar-refractivity contribution >= 4 is 11.6 Å². The third-order valence-corrected chi connectivity index (χ3v) is 5.81. The van der Waals surface area contributed by atoms with Gasteiger partial charge in [0.05, 0.1) is 22.8 Å². The summed E-state index contributed by atoms with van der Waals surface area (Å²) in [5.74, 6) is 0.152. The topological polar surface area (TPSA) is 62.1 Å². The van der Waals surface area contributed by atoms with Gasteiger partial charge in [0.15, 0.2) is 0 Å². The number of ether oxygens (including phenoxy) is 1. The van der Waals surface area contributed by atoms with Gasteiger partial charge in [-0.1, -0.05) is 38.3 Å². The molecule has 3 rings (SSSR count). The Labute approximate surface area is 171 Å². The molecule has 1 amide bonds. The molecule has 2 aromatic carbocycles. The highest BCUT2D eigenvalue weighted by Crippen LogP contribution is 2.41. The van der Waals surface area contributed by atoms with Crippen molar-refractivity contribution in [1.82, 2.24) is 0 Å². The van der Waals surface area contributed by atoms with Crippen LogP contribution in [0.25, 0.3) is 0 Å². The molecule has 1 aliphatic rings. The Balaban J connectivity index is 1.88. The van der Waals surface area contributed by atoms with Crippen LogP contribution >= 0.6 is 0 Å². The lowest BCUT2D eigenvalue weighted by Crippen LogP contribution is -2.42. The average Bonchev–Trinajstić information content (AvgIpc) is 2.75. The molecule has 1 fully saturated rings. The molecule has 0 spiro atoms. The second kappa shape index (κ2) is 9.09. The van der Waals surface area contributed by atoms with Gasteiger partial charge in [-0.3, -0.25) is 4.79 Å². The van der Waals surface area contributed by atoms with E-state index in [1.807, 2.05) is 13.8 Å². The van der Waals surface area contributed by atoms with E-state index in [1.165, 1.54) is 12.1 Å². The van der Waals surface area contributed by atoms with Gasteiger partial charge in [0.25, 0.3) is 0 Å². The monoisotopic (exact) mass is 394 g/mol. The smallest absolute Gasteiger partial charge is 0.235 e. The summed E-state index contributed by atoms with van der Waals surface area (Å²) in [6.07, 6.45) is 5.30. The number of carbonyl (C=O) groups is 1. The predicted octanol–water partition coefficient (Wildman–Crippen LogP) is 5.72. The first-order valence-corrected chi connectivity index (χ1v) is 10.3. The molecule has 1 N–H and O–H groups in total. The molecule has 2 aromatic rings. The SMILES string of the molecule is CC[C@H](C)Oc1ccc(NC(=O)C2(c3ccc(F)cc3)CCCCC2)c(C#N)c1. The number of halogens is 1. The van der Waals surface area contributed by atoms with Crippen molar-refractivity contribution in [1.29, 1.82) is 5.26 Å². The molecule has 1 atom stereocenters. The predicted molar refractivity (Wildman–Crippen MR) is 111 cm³/mol. The Hall–Kier alpha value is -2.87. The van der Waals surface area contributed by atoms with E-state index in [-0.39, 0.29) is 17.8 Å². The lowest BCUT2D eigenvalue weighted by molar-refractivity contribution is -0.122. The molecular weight excluding hydrogens is 367 g/mol. The van der Waals surface area contributed by atoms with Crippen LogP contribution < -0.4 is 10.1 Å². The fourth-order valence-electron chi connectivity index (χ4n) is 3.93. The van der Waals surface area contributed by atoms with Gasteiger partial charge >= 0.3 is 0 Å². The number of hydrogen-bond donors (Lipinski definition) is 1. The molecule has 1 aliphatic carbocycles. The summed E-state index contributed by atoms with van der Waals surface area (Å²) >= 11 is 0. The largest absolute Gasteiger partial charge is 0.491 e. The zero-order chi connectivity index (χ0) is 20.9. The molecule has 0 saturated heterocycles. The second-order valence-electron chi connectivity index (χ2n) is 7.76. The van der Waals surface area contributed by atoms with Crippen LogP contribution in [-0.4, -0.2) is 12.0 Å². The van der Waals surface area contributed by atoms with Crippen LogP contribution in [0.3, 0.4) is 0 Å². The van der Waals surface area contributed by atoms with E-state index >= 15 is 0 Å². The fourth-order valence-corrected chi connectivity index (χ4v) is 3.93. The lowest BCUT2D eigenvalue weighted by Gasteiger charge is -2.36. The maximum Gasteiger partial charge on any atom is 0.235 e. The summed E-state index contributed by atoms with van der Waals surface area (Å²) in [4.78, 5) is 13.4. The Morgan fingerprint density at radius 3 is 2.52 bits per heavy atom. The van der Waals surface area contributed by atoms with Crippen molar-refractivity contribution in [2.75, 3.05) is 5.32 Å². The molecule has 1 saturated carbocycles. The fraction of sp³-hybridized carbons (Fsp3) is 0.417. The Morgan fingerprint density at radius 2 is 1.90 bits per heavy atom. The van der Waals surface area contributed by atoms with Crippen molar-refractivity contribution in [3.05, 3.63) is 59.4 Å². The first-order chi connectivity index (χ1) is 14.0. The van der Waals surface area contributed by atoms with Crippen LogP contribution in [0.1, 0.15) is 63.5 Å². The number of carbonyl (C=O) groups excluding carboxylic acids is 1. The highest BCUT2D eigenvalue weighted by molar-refractivity contribution is 6.00. The maximum atomic E-state index is 13.4. The standard InChI is InChI=1S/C24H27FN2O2/c1-3-17(2)29-21-11-12-22(18(15-21)16-26)27-23(28)24(13-5-4-6-14-24)19-7-9-20(25)10-8-19/h7-12,15,17H,3-6,13-14H2,1-2H3,(H,27,28)/t17-/m0/s1. The summed E-state index contributed by atoms with van der Waals surface area (Å²) in [6, 6.07) is 13.5. The van der Waals surface area contributed by atoms with Gasteiger partial charge in [-0.05, 0) is 56.0 Å². The number of nitrogens with zero attached hydrogens (tertiary/aromatic N) is 1. The third kappa shape index (κ3) is 4.59. The Morgan fingerprint density at radius 1 is 1.21 bits per heavy atom. The molecule has 0 unspecified atom stereocenters. The van der Waals surface area contributed by atoms with Gasteiger partial charge in [0, 0.05) is 6.07 Å². The summed E-state index contributed by atoms with van der Waals surface area (Å²) in [7, 11) is 0. The number of benzene rings is 2. The summed E-state index contributed by atoms with van der Waals surface area (Å²) in [6.45, 7) is 4.00. The molecule has 0 radical (unpaired) electrons. The first kappa shape index (κ1) is 20.9. The number of hydrogen-bond acceptors (Lipinski definition) is 3. The van der Waals surface area contributed by atoms with Crippen LogP contribution in [0, 0.1) is 17.1 Å². The van der Waals surface area contributed by atoms with Gasteiger partial charge in [-0.2, -0.15) is 5.26 Å². The van der Waals surface area contributed by atoms with E-state index in [0.29, 0.717) is 29.8 Å². The number of nitrogens with one attached hydrogen (secondary N) is 1. The zero-order valence-corrected chi connectivity index (χ0v) is 17.0. The van der Waals surface area contributed by atoms with Gasteiger partial charge in [0.1, 0.15) is 17.6 Å². The minimum atomic E-state index is -0.704. The number of rotatable bonds is 6. The summed E-state index contributed by atoms with van der Waals surface area (Å²) in [5.41, 5.74) is 0.960. The van der Waals surface area contributed by atoms with E-state index in [1.54, 1.807) is 30.3 Å². The number of anilines is 1. The third-order valence-electron chi connectivity index (χ3n) is 5.81. The van der Waals surface area contributed by atoms with Crippen LogP contribution in [0.5, 0.6) is 5.75 Å². The summed E-state index contributed by atoms with van der Waals surface area (Å²) < 4.78 is 19.2. The van der Waals surface area contributed by atoms with E-state index in [4.69, 9.17) is 4.74 Å². The van der Waals surface area contributed by atoms with Crippen LogP contribution in [-0.2, 0) is 10.2 Å². The van der Waals surface area contributed by atoms with E-state index < -0.39 is 5.41 Å². The summed E-state index contributed by atoms with van der Waals surface area (Å²) in [5, 5.41) is 12.5. The highest BCUT2D eigenvalue weighted by Gasteiger charge is 2.41. The van der Waals surface area contributed by atoms with Crippen LogP contribution in [0.4, 0.5) is 10.1 Å². The Bertz CT molecular complexity index is 896. The molecule has 5 heteroatoms. The normalized spacial score (nSPS) is 16.5. The molecule has 0 aliphatic heterocycles. The molecule has 0 heterocycles. The first-order valence-electron chi connectivity index (χ1n) is 10.3. The molecule has 0 bridgehead atoms. The quantitative estimate of drug-likeness (QED) is 0.682. The van der Waals surface area contributed by atoms with E-state index in [0.717, 1.165) is 31.2 Å². The van der Waals surface area contributed by atoms with Crippen molar-refractivity contribution in [3.63, 3.8) is 0 Å². The number of amides is 1. The van der Waals surface area contributed by atoms with Crippen LogP contribution in [0.2, 0.25) is 0 Å². The zero-order valence-electron chi connectivity index (χ0n) is 17.0. The van der Waals surface area contributed by atoms with Gasteiger partial charge < -0.3 is 10.1 Å². The molecular formula is C24H27FN2O2. The number of nitriles is 1. The van der Waals surface area contributed by atoms with E-state index in [2.05, 4.69) is 11.4 Å². The van der Waals surface area contributed by atoms with Crippen molar-refractivity contribution in [2.45, 2.75) is 63.9 Å². The average molecular weight is 394 g/mol. The Kier molecular flexibility index (Phi) is 6.53. The van der Waals surface area contributed by atoms with Gasteiger partial charge in [0.2, 0.25) is 5.91 Å². The lowest BCUT2D eigenvalue weighted by atomic mass is 9.68. The maximum absolute atomic E-state index is 13.4. The molecule has 0 aromatic heterocycles. The van der Waals surface area contributed by atoms with E-state index in [9.17, 15) is 14.4 Å². The van der Waals surface area contributed by atoms with Crippen LogP contribution in [0.15, 0.2) is 42.5 Å². The second-order valence-corrected chi connectivity index (χ2v) is 7.76. The van der Waals surface area contributed by atoms with Crippen molar-refractivity contribution in [3.8, 4) is 11.8 Å². The molecule has 29 heavy (non-hydrogen) atoms. The van der Waals surface area contributed by atoms with Gasteiger partial charge in [-0.15, -0.1) is 0 Å². The molecule has 4 nitrogen and oxygen atoms in total. The molecule has 152 valence electrons. The van der Waals surface area contributed by atoms with Gasteiger partial charge in [-0.25, -0.2) is 4.39 Å². The van der Waals surface area contributed by atoms with Crippen molar-refractivity contribution in [2.24, 2.45) is 0 Å². The van der Waals surface area contributed by atoms with Crippen molar-refractivity contribution < 1.29 is 13.9 Å².